The Kier molecular flexibility index (Phi) is 3.84. The first kappa shape index (κ1) is 13.8. The maximum absolute atomic E-state index is 12.0. The summed E-state index contributed by atoms with van der Waals surface area (Å²) in [5, 5.41) is 11.7. The molecular formula is C14H15N3O3. The second-order valence-corrected chi connectivity index (χ2v) is 4.50. The number of aromatic carboxylic acids is 1. The van der Waals surface area contributed by atoms with Crippen LogP contribution in [0.5, 0.6) is 0 Å². The molecule has 0 aliphatic carbocycles. The fraction of sp³-hybridized carbons (Fsp3) is 0.214. The van der Waals surface area contributed by atoms with Crippen LogP contribution in [-0.2, 0) is 11.2 Å². The van der Waals surface area contributed by atoms with Gasteiger partial charge in [0.25, 0.3) is 0 Å². The lowest BCUT2D eigenvalue weighted by Crippen LogP contribution is -2.17. The highest BCUT2D eigenvalue weighted by molar-refractivity contribution is 6.01. The van der Waals surface area contributed by atoms with Crippen molar-refractivity contribution in [2.24, 2.45) is 0 Å². The molecule has 0 spiro atoms. The first-order valence-corrected chi connectivity index (χ1v) is 6.10. The van der Waals surface area contributed by atoms with Gasteiger partial charge in [-0.3, -0.25) is 9.78 Å². The van der Waals surface area contributed by atoms with Gasteiger partial charge in [0.1, 0.15) is 5.56 Å². The van der Waals surface area contributed by atoms with Crippen LogP contribution >= 0.6 is 0 Å². The van der Waals surface area contributed by atoms with E-state index in [9.17, 15) is 9.59 Å². The second kappa shape index (κ2) is 5.56. The van der Waals surface area contributed by atoms with Crippen LogP contribution in [0.25, 0.3) is 0 Å². The van der Waals surface area contributed by atoms with Crippen LogP contribution in [0, 0.1) is 13.8 Å². The summed E-state index contributed by atoms with van der Waals surface area (Å²) < 4.78 is 0. The van der Waals surface area contributed by atoms with Crippen molar-refractivity contribution in [1.29, 1.82) is 0 Å². The molecule has 3 N–H and O–H groups in total. The molecule has 104 valence electrons. The monoisotopic (exact) mass is 273 g/mol. The summed E-state index contributed by atoms with van der Waals surface area (Å²) in [5.41, 5.74) is 2.45. The molecule has 0 radical (unpaired) electrons. The van der Waals surface area contributed by atoms with E-state index in [0.29, 0.717) is 11.4 Å². The average molecular weight is 273 g/mol. The minimum atomic E-state index is -1.08. The Morgan fingerprint density at radius 1 is 1.40 bits per heavy atom. The smallest absolute Gasteiger partial charge is 0.339 e. The summed E-state index contributed by atoms with van der Waals surface area (Å²) in [7, 11) is 0. The molecule has 20 heavy (non-hydrogen) atoms. The van der Waals surface area contributed by atoms with Crippen molar-refractivity contribution in [3.63, 3.8) is 0 Å². The summed E-state index contributed by atoms with van der Waals surface area (Å²) in [6.45, 7) is 3.51. The molecule has 0 unspecified atom stereocenters. The fourth-order valence-electron chi connectivity index (χ4n) is 1.95. The molecule has 1 amide bonds. The number of carboxylic acid groups (broad SMARTS) is 1. The minimum Gasteiger partial charge on any atom is -0.478 e. The van der Waals surface area contributed by atoms with E-state index < -0.39 is 5.97 Å². The topological polar surface area (TPSA) is 95.1 Å². The molecule has 0 fully saturated rings. The Morgan fingerprint density at radius 2 is 2.15 bits per heavy atom. The summed E-state index contributed by atoms with van der Waals surface area (Å²) in [6.07, 6.45) is 3.21. The molecular weight excluding hydrogens is 258 g/mol. The standard InChI is InChI=1S/C14H15N3O3/c1-8-4-3-5-15-10(8)6-12(18)17-11-7-16-9(2)13(11)14(19)20/h3-5,7,16H,6H2,1-2H3,(H,17,18)(H,19,20). The molecule has 0 aromatic carbocycles. The third-order valence-corrected chi connectivity index (χ3v) is 3.01. The van der Waals surface area contributed by atoms with Gasteiger partial charge in [0.2, 0.25) is 5.91 Å². The summed E-state index contributed by atoms with van der Waals surface area (Å²) in [6, 6.07) is 3.67. The zero-order chi connectivity index (χ0) is 14.7. The van der Waals surface area contributed by atoms with Crippen molar-refractivity contribution >= 4 is 17.6 Å². The van der Waals surface area contributed by atoms with E-state index in [4.69, 9.17) is 5.11 Å². The van der Waals surface area contributed by atoms with Crippen molar-refractivity contribution < 1.29 is 14.7 Å². The highest BCUT2D eigenvalue weighted by Crippen LogP contribution is 2.19. The number of pyridine rings is 1. The quantitative estimate of drug-likeness (QED) is 0.793. The van der Waals surface area contributed by atoms with Crippen LogP contribution in [0.15, 0.2) is 24.5 Å². The molecule has 0 aliphatic heterocycles. The largest absolute Gasteiger partial charge is 0.478 e. The lowest BCUT2D eigenvalue weighted by molar-refractivity contribution is -0.115. The van der Waals surface area contributed by atoms with Gasteiger partial charge >= 0.3 is 5.97 Å². The van der Waals surface area contributed by atoms with E-state index in [-0.39, 0.29) is 23.6 Å². The minimum absolute atomic E-state index is 0.0797. The molecule has 2 heterocycles. The predicted molar refractivity (Wildman–Crippen MR) is 73.8 cm³/mol. The number of nitrogens with zero attached hydrogens (tertiary/aromatic N) is 1. The van der Waals surface area contributed by atoms with Crippen LogP contribution < -0.4 is 5.32 Å². The maximum atomic E-state index is 12.0. The summed E-state index contributed by atoms with van der Waals surface area (Å²) >= 11 is 0. The number of amides is 1. The number of hydrogen-bond acceptors (Lipinski definition) is 3. The molecule has 2 rings (SSSR count). The zero-order valence-electron chi connectivity index (χ0n) is 11.2. The Balaban J connectivity index is 2.13. The molecule has 0 bridgehead atoms. The van der Waals surface area contributed by atoms with E-state index >= 15 is 0 Å². The van der Waals surface area contributed by atoms with Crippen molar-refractivity contribution in [2.75, 3.05) is 5.32 Å². The lowest BCUT2D eigenvalue weighted by atomic mass is 10.1. The molecule has 0 aliphatic rings. The Labute approximate surface area is 115 Å². The predicted octanol–water partition coefficient (Wildman–Crippen LogP) is 1.91. The number of aromatic amines is 1. The molecule has 0 saturated carbocycles. The van der Waals surface area contributed by atoms with Gasteiger partial charge in [0.15, 0.2) is 0 Å². The van der Waals surface area contributed by atoms with Gasteiger partial charge < -0.3 is 15.4 Å². The molecule has 6 heteroatoms. The number of aromatic nitrogens is 2. The fourth-order valence-corrected chi connectivity index (χ4v) is 1.95. The van der Waals surface area contributed by atoms with Crippen molar-refractivity contribution in [3.05, 3.63) is 47.0 Å². The van der Waals surface area contributed by atoms with Gasteiger partial charge in [-0.25, -0.2) is 4.79 Å². The number of nitrogens with one attached hydrogen (secondary N) is 2. The number of rotatable bonds is 4. The molecule has 2 aromatic rings. The first-order chi connectivity index (χ1) is 9.49. The first-order valence-electron chi connectivity index (χ1n) is 6.10. The molecule has 6 nitrogen and oxygen atoms in total. The molecule has 2 aromatic heterocycles. The van der Waals surface area contributed by atoms with Gasteiger partial charge in [-0.15, -0.1) is 0 Å². The number of carbonyl (C=O) groups excluding carboxylic acids is 1. The molecule has 0 saturated heterocycles. The number of aryl methyl sites for hydroxylation is 2. The van der Waals surface area contributed by atoms with Crippen molar-refractivity contribution in [1.82, 2.24) is 9.97 Å². The lowest BCUT2D eigenvalue weighted by Gasteiger charge is -2.06. The van der Waals surface area contributed by atoms with E-state index in [1.165, 1.54) is 6.20 Å². The Hall–Kier alpha value is -2.63. The van der Waals surface area contributed by atoms with Gasteiger partial charge in [0.05, 0.1) is 17.8 Å². The van der Waals surface area contributed by atoms with Crippen LogP contribution in [0.1, 0.15) is 27.3 Å². The van der Waals surface area contributed by atoms with Crippen LogP contribution in [0.4, 0.5) is 5.69 Å². The third kappa shape index (κ3) is 2.85. The number of anilines is 1. The summed E-state index contributed by atoms with van der Waals surface area (Å²) in [4.78, 5) is 30.0. The zero-order valence-corrected chi connectivity index (χ0v) is 11.2. The highest BCUT2D eigenvalue weighted by Gasteiger charge is 2.17. The van der Waals surface area contributed by atoms with Gasteiger partial charge in [-0.1, -0.05) is 6.07 Å². The normalized spacial score (nSPS) is 10.3. The van der Waals surface area contributed by atoms with Crippen LogP contribution in [0.3, 0.4) is 0 Å². The summed E-state index contributed by atoms with van der Waals surface area (Å²) in [5.74, 6) is -1.37. The highest BCUT2D eigenvalue weighted by atomic mass is 16.4. The third-order valence-electron chi connectivity index (χ3n) is 3.01. The van der Waals surface area contributed by atoms with E-state index in [0.717, 1.165) is 5.56 Å². The Bertz CT molecular complexity index is 661. The van der Waals surface area contributed by atoms with Gasteiger partial charge in [-0.2, -0.15) is 0 Å². The average Bonchev–Trinajstić information content (AvgIpc) is 2.73. The number of H-pyrrole nitrogens is 1. The van der Waals surface area contributed by atoms with Gasteiger partial charge in [0, 0.05) is 18.1 Å². The van der Waals surface area contributed by atoms with Crippen LogP contribution in [0.2, 0.25) is 0 Å². The van der Waals surface area contributed by atoms with Gasteiger partial charge in [-0.05, 0) is 25.5 Å². The van der Waals surface area contributed by atoms with Crippen LogP contribution in [-0.4, -0.2) is 27.0 Å². The molecule has 0 atom stereocenters. The van der Waals surface area contributed by atoms with E-state index in [1.807, 2.05) is 13.0 Å². The van der Waals surface area contributed by atoms with E-state index in [1.54, 1.807) is 19.2 Å². The number of carboxylic acids is 1. The van der Waals surface area contributed by atoms with Crippen molar-refractivity contribution in [2.45, 2.75) is 20.3 Å². The number of carbonyl (C=O) groups is 2. The maximum Gasteiger partial charge on any atom is 0.339 e. The van der Waals surface area contributed by atoms with E-state index in [2.05, 4.69) is 15.3 Å². The second-order valence-electron chi connectivity index (χ2n) is 4.50. The Morgan fingerprint density at radius 3 is 2.80 bits per heavy atom. The number of hydrogen-bond donors (Lipinski definition) is 3. The SMILES string of the molecule is Cc1cccnc1CC(=O)Nc1c[nH]c(C)c1C(=O)O. The van der Waals surface area contributed by atoms with Crippen molar-refractivity contribution in [3.8, 4) is 0 Å².